The Morgan fingerprint density at radius 2 is 0.980 bits per heavy atom. The van der Waals surface area contributed by atoms with Gasteiger partial charge in [-0.15, -0.1) is 0 Å². The predicted octanol–water partition coefficient (Wildman–Crippen LogP) is -7.41. The fourth-order valence-electron chi connectivity index (χ4n) is 6.23. The summed E-state index contributed by atoms with van der Waals surface area (Å²) in [6.45, 7) is 3.42. The molecule has 21 heteroatoms. The highest BCUT2D eigenvalue weighted by molar-refractivity contribution is 5.73. The highest BCUT2D eigenvalue weighted by atomic mass is 16.7. The summed E-state index contributed by atoms with van der Waals surface area (Å²) in [5.74, 6) is -1.33. The van der Waals surface area contributed by atoms with E-state index >= 15 is 0 Å². The summed E-state index contributed by atoms with van der Waals surface area (Å²) in [4.78, 5) is 24.3. The molecule has 0 saturated carbocycles. The van der Waals surface area contributed by atoms with Gasteiger partial charge in [0.05, 0.1) is 25.4 Å². The zero-order valence-electron chi connectivity index (χ0n) is 27.1. The average molecular weight is 717 g/mol. The van der Waals surface area contributed by atoms with Crippen molar-refractivity contribution in [2.75, 3.05) is 13.2 Å². The van der Waals surface area contributed by atoms with E-state index in [4.69, 9.17) is 33.2 Å². The van der Waals surface area contributed by atoms with Crippen LogP contribution in [0.5, 0.6) is 0 Å². The third-order valence-electron chi connectivity index (χ3n) is 8.93. The number of amides is 2. The molecular weight excluding hydrogens is 668 g/mol. The molecule has 0 spiro atoms. The van der Waals surface area contributed by atoms with Crippen molar-refractivity contribution in [1.29, 1.82) is 0 Å². The Kier molecular flexibility index (Phi) is 13.7. The van der Waals surface area contributed by atoms with Gasteiger partial charge < -0.3 is 94.9 Å². The number of hydrogen-bond acceptors (Lipinski definition) is 19. The molecule has 0 bridgehead atoms. The Hall–Kier alpha value is -1.74. The van der Waals surface area contributed by atoms with Crippen LogP contribution in [0.3, 0.4) is 0 Å². The molecule has 49 heavy (non-hydrogen) atoms. The van der Waals surface area contributed by atoms with Gasteiger partial charge in [0.25, 0.3) is 0 Å². The van der Waals surface area contributed by atoms with Crippen LogP contribution in [0.1, 0.15) is 27.7 Å². The van der Waals surface area contributed by atoms with Crippen LogP contribution in [-0.4, -0.2) is 199 Å². The highest BCUT2D eigenvalue weighted by Crippen LogP contribution is 2.34. The third-order valence-corrected chi connectivity index (χ3v) is 8.93. The van der Waals surface area contributed by atoms with Gasteiger partial charge in [-0.25, -0.2) is 0 Å². The first-order chi connectivity index (χ1) is 23.0. The zero-order valence-corrected chi connectivity index (χ0v) is 27.1. The van der Waals surface area contributed by atoms with Crippen LogP contribution in [0.15, 0.2) is 0 Å². The van der Waals surface area contributed by atoms with Gasteiger partial charge in [-0.3, -0.25) is 9.59 Å². The molecule has 4 aliphatic heterocycles. The second-order valence-corrected chi connectivity index (χ2v) is 12.6. The van der Waals surface area contributed by atoms with Gasteiger partial charge in [-0.05, 0) is 13.8 Å². The van der Waals surface area contributed by atoms with E-state index in [2.05, 4.69) is 10.6 Å². The molecule has 0 aliphatic carbocycles. The topological polar surface area (TPSA) is 325 Å². The number of ether oxygens (including phenoxy) is 7. The first kappa shape index (κ1) is 40.0. The maximum Gasteiger partial charge on any atom is 0.217 e. The van der Waals surface area contributed by atoms with Gasteiger partial charge in [-0.2, -0.15) is 0 Å². The average Bonchev–Trinajstić information content (AvgIpc) is 3.04. The fraction of sp³-hybridized carbons (Fsp3) is 0.929. The molecule has 0 unspecified atom stereocenters. The minimum absolute atomic E-state index is 0.643. The normalized spacial score (nSPS) is 49.3. The van der Waals surface area contributed by atoms with Crippen LogP contribution in [0.25, 0.3) is 0 Å². The van der Waals surface area contributed by atoms with Crippen LogP contribution < -0.4 is 10.6 Å². The highest BCUT2D eigenvalue weighted by Gasteiger charge is 2.55. The second kappa shape index (κ2) is 16.7. The lowest BCUT2D eigenvalue weighted by molar-refractivity contribution is -0.375. The first-order valence-corrected chi connectivity index (χ1v) is 15.8. The molecule has 0 radical (unpaired) electrons. The van der Waals surface area contributed by atoms with Crippen LogP contribution in [-0.2, 0) is 42.7 Å². The van der Waals surface area contributed by atoms with Gasteiger partial charge in [0, 0.05) is 13.8 Å². The second-order valence-electron chi connectivity index (χ2n) is 12.6. The summed E-state index contributed by atoms with van der Waals surface area (Å²) in [7, 11) is 0. The van der Waals surface area contributed by atoms with Crippen LogP contribution in [0, 0.1) is 0 Å². The van der Waals surface area contributed by atoms with Gasteiger partial charge in [0.1, 0.15) is 85.3 Å². The molecule has 0 aromatic heterocycles. The van der Waals surface area contributed by atoms with Gasteiger partial charge in [0.15, 0.2) is 25.2 Å². The van der Waals surface area contributed by atoms with Gasteiger partial charge >= 0.3 is 0 Å². The zero-order chi connectivity index (χ0) is 36.5. The standard InChI is InChI=1S/C28H48N2O19/c1-7-15(35)19(39)20(40)27(44-7)49-24-18(38)12(6-32)46-28(21(24)41)48-23-14(30-10(4)34)26(43-8(2)16(23)36)47-22-13(29-9(3)33)25(42)45-11(5-31)17(22)37/h7-8,11-28,31-32,35-42H,5-6H2,1-4H3,(H,29,33)(H,30,34)/t7-,8-,11+,12+,13+,14-,15-,16+,17+,18+,19+,20+,21+,22+,23-,24-,25+,26-,27-,28+/m0/s1. The Morgan fingerprint density at radius 1 is 0.531 bits per heavy atom. The van der Waals surface area contributed by atoms with Crippen molar-refractivity contribution in [3.05, 3.63) is 0 Å². The Labute approximate surface area is 280 Å². The van der Waals surface area contributed by atoms with Crippen molar-refractivity contribution in [2.24, 2.45) is 0 Å². The molecule has 0 aromatic carbocycles. The van der Waals surface area contributed by atoms with Gasteiger partial charge in [-0.1, -0.05) is 0 Å². The quantitative estimate of drug-likeness (QED) is 0.0999. The SMILES string of the molecule is CC(=O)N[C@@H]1[C@H](O[C@H]2[C@H](O)[C@@H](CO)O[C@@H](O)[C@@H]2NC(C)=O)O[C@@H](C)[C@@H](O)[C@H]1O[C@H]1O[C@H](CO)[C@@H](O)[C@H](O[C@@H]2O[C@@H](C)[C@H](O)[C@@H](O)[C@H]2O)[C@H]1O. The van der Waals surface area contributed by atoms with E-state index in [1.54, 1.807) is 0 Å². The summed E-state index contributed by atoms with van der Waals surface area (Å²) >= 11 is 0. The van der Waals surface area contributed by atoms with Crippen molar-refractivity contribution in [2.45, 2.75) is 150 Å². The number of rotatable bonds is 10. The van der Waals surface area contributed by atoms with Crippen molar-refractivity contribution in [3.63, 3.8) is 0 Å². The van der Waals surface area contributed by atoms with E-state index in [9.17, 15) is 60.7 Å². The van der Waals surface area contributed by atoms with E-state index in [0.29, 0.717) is 0 Å². The molecule has 4 saturated heterocycles. The number of nitrogens with one attached hydrogen (secondary N) is 2. The van der Waals surface area contributed by atoms with Crippen molar-refractivity contribution in [1.82, 2.24) is 10.6 Å². The fourth-order valence-corrected chi connectivity index (χ4v) is 6.23. The lowest BCUT2D eigenvalue weighted by atomic mass is 9.94. The lowest BCUT2D eigenvalue weighted by Crippen LogP contribution is -2.70. The summed E-state index contributed by atoms with van der Waals surface area (Å²) in [6, 6.07) is -2.89. The molecule has 4 rings (SSSR count). The number of aliphatic hydroxyl groups is 10. The molecule has 12 N–H and O–H groups in total. The maximum absolute atomic E-state index is 12.4. The van der Waals surface area contributed by atoms with E-state index in [1.807, 2.05) is 0 Å². The number of carbonyl (C=O) groups excluding carboxylic acids is 2. The van der Waals surface area contributed by atoms with Crippen molar-refractivity contribution < 1.29 is 93.8 Å². The maximum atomic E-state index is 12.4. The van der Waals surface area contributed by atoms with Crippen molar-refractivity contribution >= 4 is 11.8 Å². The third kappa shape index (κ3) is 8.67. The van der Waals surface area contributed by atoms with Crippen LogP contribution in [0.4, 0.5) is 0 Å². The lowest BCUT2D eigenvalue weighted by Gasteiger charge is -2.50. The van der Waals surface area contributed by atoms with Crippen LogP contribution in [0.2, 0.25) is 0 Å². The summed E-state index contributed by atoms with van der Waals surface area (Å²) < 4.78 is 39.7. The van der Waals surface area contributed by atoms with E-state index in [-0.39, 0.29) is 0 Å². The summed E-state index contributed by atoms with van der Waals surface area (Å²) in [6.07, 6.45) is -28.8. The smallest absolute Gasteiger partial charge is 0.217 e. The minimum atomic E-state index is -1.95. The summed E-state index contributed by atoms with van der Waals surface area (Å²) in [5.41, 5.74) is 0. The molecule has 20 atom stereocenters. The monoisotopic (exact) mass is 716 g/mol. The molecule has 4 aliphatic rings. The summed E-state index contributed by atoms with van der Waals surface area (Å²) in [5, 5.41) is 110. The molecular formula is C28H48N2O19. The molecule has 284 valence electrons. The minimum Gasteiger partial charge on any atom is -0.394 e. The number of carbonyl (C=O) groups is 2. The molecule has 21 nitrogen and oxygen atoms in total. The van der Waals surface area contributed by atoms with Crippen LogP contribution >= 0.6 is 0 Å². The molecule has 4 heterocycles. The Morgan fingerprint density at radius 3 is 1.57 bits per heavy atom. The van der Waals surface area contributed by atoms with Gasteiger partial charge in [0.2, 0.25) is 11.8 Å². The predicted molar refractivity (Wildman–Crippen MR) is 154 cm³/mol. The molecule has 4 fully saturated rings. The Bertz CT molecular complexity index is 1110. The number of aliphatic hydroxyl groups excluding tert-OH is 10. The molecule has 2 amide bonds. The van der Waals surface area contributed by atoms with Crippen molar-refractivity contribution in [3.8, 4) is 0 Å². The van der Waals surface area contributed by atoms with E-state index in [0.717, 1.165) is 13.8 Å². The van der Waals surface area contributed by atoms with E-state index < -0.39 is 148 Å². The van der Waals surface area contributed by atoms with E-state index in [1.165, 1.54) is 13.8 Å². The largest absolute Gasteiger partial charge is 0.394 e. The molecule has 0 aromatic rings. The Balaban J connectivity index is 1.61. The number of hydrogen-bond donors (Lipinski definition) is 12. The first-order valence-electron chi connectivity index (χ1n) is 15.8.